The minimum absolute atomic E-state index is 0.00161. The van der Waals surface area contributed by atoms with Gasteiger partial charge >= 0.3 is 0 Å². The van der Waals surface area contributed by atoms with Crippen LogP contribution in [0.25, 0.3) is 26.4 Å². The van der Waals surface area contributed by atoms with Crippen LogP contribution in [0.1, 0.15) is 27.7 Å². The fourth-order valence-electron chi connectivity index (χ4n) is 3.20. The molecule has 4 rings (SSSR count). The van der Waals surface area contributed by atoms with Gasteiger partial charge in [0.25, 0.3) is 5.91 Å². The molecule has 0 saturated heterocycles. The Bertz CT molecular complexity index is 1220. The largest absolute Gasteiger partial charge is 0.397 e. The van der Waals surface area contributed by atoms with E-state index >= 15 is 0 Å². The van der Waals surface area contributed by atoms with Crippen molar-refractivity contribution in [3.8, 4) is 0 Å². The number of aliphatic hydroxyl groups excluding tert-OH is 1. The average Bonchev–Trinajstić information content (AvgIpc) is 3.02. The summed E-state index contributed by atoms with van der Waals surface area (Å²) in [6, 6.07) is 17.4. The van der Waals surface area contributed by atoms with Crippen LogP contribution < -0.4 is 11.1 Å². The van der Waals surface area contributed by atoms with E-state index in [1.54, 1.807) is 0 Å². The molecule has 28 heavy (non-hydrogen) atoms. The second-order valence-corrected chi connectivity index (χ2v) is 7.90. The molecule has 0 saturated carbocycles. The van der Waals surface area contributed by atoms with Crippen molar-refractivity contribution in [2.45, 2.75) is 13.5 Å². The quantitative estimate of drug-likeness (QED) is 0.437. The lowest BCUT2D eigenvalue weighted by Crippen LogP contribution is -2.11. The molecule has 0 radical (unpaired) electrons. The number of benzene rings is 3. The van der Waals surface area contributed by atoms with Gasteiger partial charge in [0.1, 0.15) is 4.88 Å². The second kappa shape index (κ2) is 7.11. The zero-order valence-electron chi connectivity index (χ0n) is 15.5. The van der Waals surface area contributed by atoms with E-state index in [1.165, 1.54) is 11.3 Å². The Morgan fingerprint density at radius 1 is 1.11 bits per heavy atom. The average molecular weight is 388 g/mol. The molecule has 3 aromatic carbocycles. The SMILES string of the molecule is C=C(C)c1ccc(NC(=O)c2sc3cc4cc(CO)ccc4cc3c2N)cc1. The third-order valence-corrected chi connectivity index (χ3v) is 5.94. The van der Waals surface area contributed by atoms with Crippen LogP contribution in [0.15, 0.2) is 61.2 Å². The number of hydrogen-bond donors (Lipinski definition) is 3. The summed E-state index contributed by atoms with van der Waals surface area (Å²) in [7, 11) is 0. The molecule has 140 valence electrons. The van der Waals surface area contributed by atoms with Gasteiger partial charge in [-0.3, -0.25) is 4.79 Å². The van der Waals surface area contributed by atoms with Crippen LogP contribution in [0.3, 0.4) is 0 Å². The number of nitrogens with one attached hydrogen (secondary N) is 1. The van der Waals surface area contributed by atoms with E-state index in [2.05, 4.69) is 11.9 Å². The van der Waals surface area contributed by atoms with Crippen molar-refractivity contribution in [3.05, 3.63) is 77.2 Å². The molecule has 0 aliphatic heterocycles. The third-order valence-electron chi connectivity index (χ3n) is 4.77. The van der Waals surface area contributed by atoms with E-state index in [0.29, 0.717) is 16.3 Å². The Balaban J connectivity index is 1.69. The monoisotopic (exact) mass is 388 g/mol. The van der Waals surface area contributed by atoms with Crippen molar-refractivity contribution in [1.29, 1.82) is 0 Å². The molecule has 5 heteroatoms. The highest BCUT2D eigenvalue weighted by Crippen LogP contribution is 2.37. The number of rotatable bonds is 4. The maximum atomic E-state index is 12.8. The second-order valence-electron chi connectivity index (χ2n) is 6.84. The van der Waals surface area contributed by atoms with E-state index in [-0.39, 0.29) is 12.5 Å². The Kier molecular flexibility index (Phi) is 4.63. The lowest BCUT2D eigenvalue weighted by molar-refractivity contribution is 0.103. The zero-order valence-corrected chi connectivity index (χ0v) is 16.3. The van der Waals surface area contributed by atoms with Crippen LogP contribution in [0, 0.1) is 0 Å². The van der Waals surface area contributed by atoms with Crippen molar-refractivity contribution >= 4 is 55.1 Å². The number of anilines is 2. The van der Waals surface area contributed by atoms with Crippen LogP contribution in [-0.2, 0) is 6.61 Å². The summed E-state index contributed by atoms with van der Waals surface area (Å²) in [6.07, 6.45) is 0. The molecule has 4 aromatic rings. The lowest BCUT2D eigenvalue weighted by atomic mass is 10.0. The number of nitrogens with two attached hydrogens (primary N) is 1. The molecule has 0 unspecified atom stereocenters. The van der Waals surface area contributed by atoms with Crippen LogP contribution >= 0.6 is 11.3 Å². The summed E-state index contributed by atoms with van der Waals surface area (Å²) < 4.78 is 0.947. The predicted octanol–water partition coefficient (Wildman–Crippen LogP) is 5.41. The van der Waals surface area contributed by atoms with Gasteiger partial charge in [-0.1, -0.05) is 36.4 Å². The Hall–Kier alpha value is -3.15. The van der Waals surface area contributed by atoms with E-state index < -0.39 is 0 Å². The molecule has 0 spiro atoms. The summed E-state index contributed by atoms with van der Waals surface area (Å²) in [5, 5.41) is 15.2. The van der Waals surface area contributed by atoms with Gasteiger partial charge in [-0.25, -0.2) is 0 Å². The molecule has 0 bridgehead atoms. The summed E-state index contributed by atoms with van der Waals surface area (Å²) >= 11 is 1.37. The minimum Gasteiger partial charge on any atom is -0.397 e. The molecule has 0 aliphatic carbocycles. The maximum Gasteiger partial charge on any atom is 0.267 e. The normalized spacial score (nSPS) is 11.1. The summed E-state index contributed by atoms with van der Waals surface area (Å²) in [5.74, 6) is -0.220. The topological polar surface area (TPSA) is 75.3 Å². The Morgan fingerprint density at radius 2 is 1.86 bits per heavy atom. The highest BCUT2D eigenvalue weighted by molar-refractivity contribution is 7.21. The van der Waals surface area contributed by atoms with Gasteiger partial charge in [-0.15, -0.1) is 11.3 Å². The van der Waals surface area contributed by atoms with E-state index in [4.69, 9.17) is 5.73 Å². The number of thiophene rings is 1. The molecule has 0 atom stereocenters. The highest BCUT2D eigenvalue weighted by atomic mass is 32.1. The Labute approximate surface area is 166 Å². The molecule has 1 aromatic heterocycles. The number of allylic oxidation sites excluding steroid dienone is 1. The lowest BCUT2D eigenvalue weighted by Gasteiger charge is -2.06. The maximum absolute atomic E-state index is 12.8. The number of nitrogen functional groups attached to an aromatic ring is 1. The van der Waals surface area contributed by atoms with Gasteiger partial charge < -0.3 is 16.2 Å². The first-order valence-corrected chi connectivity index (χ1v) is 9.70. The standard InChI is InChI=1S/C23H20N2O2S/c1-13(2)15-5-7-18(8-6-15)25-23(27)22-21(24)19-10-16-4-3-14(12-26)9-17(16)11-20(19)28-22/h3-11,26H,1,12,24H2,2H3,(H,25,27). The van der Waals surface area contributed by atoms with Gasteiger partial charge in [0, 0.05) is 15.8 Å². The fraction of sp³-hybridized carbons (Fsp3) is 0.0870. The molecule has 0 aliphatic rings. The highest BCUT2D eigenvalue weighted by Gasteiger charge is 2.17. The van der Waals surface area contributed by atoms with Gasteiger partial charge in [0.15, 0.2) is 0 Å². The number of fused-ring (bicyclic) bond motifs is 2. The van der Waals surface area contributed by atoms with Gasteiger partial charge in [-0.2, -0.15) is 0 Å². The number of carbonyl (C=O) groups excluding carboxylic acids is 1. The van der Waals surface area contributed by atoms with Crippen LogP contribution in [0.4, 0.5) is 11.4 Å². The van der Waals surface area contributed by atoms with E-state index in [9.17, 15) is 9.90 Å². The first-order valence-electron chi connectivity index (χ1n) is 8.89. The molecule has 4 N–H and O–H groups in total. The van der Waals surface area contributed by atoms with Crippen LogP contribution in [-0.4, -0.2) is 11.0 Å². The van der Waals surface area contributed by atoms with E-state index in [1.807, 2.05) is 61.5 Å². The van der Waals surface area contributed by atoms with Crippen molar-refractivity contribution in [1.82, 2.24) is 0 Å². The zero-order chi connectivity index (χ0) is 19.8. The summed E-state index contributed by atoms with van der Waals surface area (Å²) in [5.41, 5.74) is 10.4. The van der Waals surface area contributed by atoms with Crippen molar-refractivity contribution in [2.75, 3.05) is 11.1 Å². The summed E-state index contributed by atoms with van der Waals surface area (Å²) in [6.45, 7) is 5.86. The molecular formula is C23H20N2O2S. The molecule has 1 heterocycles. The summed E-state index contributed by atoms with van der Waals surface area (Å²) in [4.78, 5) is 13.3. The number of amides is 1. The van der Waals surface area contributed by atoms with Gasteiger partial charge in [-0.05, 0) is 59.2 Å². The first-order chi connectivity index (χ1) is 13.5. The van der Waals surface area contributed by atoms with E-state index in [0.717, 1.165) is 37.6 Å². The molecule has 0 fully saturated rings. The molecular weight excluding hydrogens is 368 g/mol. The van der Waals surface area contributed by atoms with Crippen molar-refractivity contribution in [3.63, 3.8) is 0 Å². The van der Waals surface area contributed by atoms with Gasteiger partial charge in [0.2, 0.25) is 0 Å². The van der Waals surface area contributed by atoms with Crippen molar-refractivity contribution in [2.24, 2.45) is 0 Å². The Morgan fingerprint density at radius 3 is 2.54 bits per heavy atom. The predicted molar refractivity (Wildman–Crippen MR) is 119 cm³/mol. The van der Waals surface area contributed by atoms with Crippen LogP contribution in [0.5, 0.6) is 0 Å². The fourth-order valence-corrected chi connectivity index (χ4v) is 4.25. The molecule has 1 amide bonds. The minimum atomic E-state index is -0.220. The number of hydrogen-bond acceptors (Lipinski definition) is 4. The molecule has 4 nitrogen and oxygen atoms in total. The number of carbonyl (C=O) groups is 1. The van der Waals surface area contributed by atoms with Crippen molar-refractivity contribution < 1.29 is 9.90 Å². The van der Waals surface area contributed by atoms with Crippen LogP contribution in [0.2, 0.25) is 0 Å². The first kappa shape index (κ1) is 18.2. The third kappa shape index (κ3) is 3.26. The van der Waals surface area contributed by atoms with Gasteiger partial charge in [0.05, 0.1) is 12.3 Å². The number of aliphatic hydroxyl groups is 1. The smallest absolute Gasteiger partial charge is 0.267 e.